The lowest BCUT2D eigenvalue weighted by Crippen LogP contribution is -2.47. The number of hydrogen-bond donors (Lipinski definition) is 2. The standard InChI is InChI=1S/C17H17N3O3/c18-14-8-11-7-12(9-19-16(11)20(22)17(14)21)23-15-6-2-4-10-3-1-5-13(10)15/h2,4,6-7,9,14,22H,1,3,5,8,18H2/t14-/m0/s1. The lowest BCUT2D eigenvalue weighted by Gasteiger charge is -2.26. The van der Waals surface area contributed by atoms with Crippen molar-refractivity contribution in [3.05, 3.63) is 47.2 Å². The maximum absolute atomic E-state index is 11.7. The number of ether oxygens (including phenoxy) is 1. The first-order chi connectivity index (χ1) is 11.1. The summed E-state index contributed by atoms with van der Waals surface area (Å²) in [5.74, 6) is 1.11. The number of hydroxylamine groups is 1. The van der Waals surface area contributed by atoms with Crippen LogP contribution in [0.1, 0.15) is 23.1 Å². The van der Waals surface area contributed by atoms with E-state index >= 15 is 0 Å². The number of carbonyl (C=O) groups excluding carboxylic acids is 1. The van der Waals surface area contributed by atoms with Crippen molar-refractivity contribution in [3.63, 3.8) is 0 Å². The summed E-state index contributed by atoms with van der Waals surface area (Å²) in [4.78, 5) is 15.8. The van der Waals surface area contributed by atoms with E-state index in [1.54, 1.807) is 6.07 Å². The summed E-state index contributed by atoms with van der Waals surface area (Å²) in [5.41, 5.74) is 9.03. The SMILES string of the molecule is N[C@H]1Cc2cc(Oc3cccc4c3CCC4)cnc2N(O)C1=O. The first kappa shape index (κ1) is 14.2. The topological polar surface area (TPSA) is 88.7 Å². The van der Waals surface area contributed by atoms with Crippen molar-refractivity contribution in [2.45, 2.75) is 31.7 Å². The second kappa shape index (κ2) is 5.33. The minimum absolute atomic E-state index is 0.224. The summed E-state index contributed by atoms with van der Waals surface area (Å²) >= 11 is 0. The molecule has 6 heteroatoms. The van der Waals surface area contributed by atoms with Gasteiger partial charge >= 0.3 is 0 Å². The Labute approximate surface area is 133 Å². The number of pyridine rings is 1. The van der Waals surface area contributed by atoms with Gasteiger partial charge in [-0.2, -0.15) is 5.06 Å². The van der Waals surface area contributed by atoms with Gasteiger partial charge in [-0.25, -0.2) is 4.98 Å². The Bertz CT molecular complexity index is 791. The summed E-state index contributed by atoms with van der Waals surface area (Å²) in [6.07, 6.45) is 5.11. The molecule has 1 aliphatic carbocycles. The Morgan fingerprint density at radius 1 is 1.30 bits per heavy atom. The summed E-state index contributed by atoms with van der Waals surface area (Å²) in [6.45, 7) is 0. The Morgan fingerprint density at radius 2 is 2.17 bits per heavy atom. The molecule has 4 rings (SSSR count). The van der Waals surface area contributed by atoms with Gasteiger partial charge in [-0.3, -0.25) is 10.0 Å². The van der Waals surface area contributed by atoms with Crippen molar-refractivity contribution in [2.75, 3.05) is 5.06 Å². The predicted molar refractivity (Wildman–Crippen MR) is 83.7 cm³/mol. The Hall–Kier alpha value is -2.44. The molecule has 1 aromatic heterocycles. The molecule has 2 aliphatic rings. The van der Waals surface area contributed by atoms with Gasteiger partial charge in [0, 0.05) is 12.0 Å². The van der Waals surface area contributed by atoms with Gasteiger partial charge in [0.25, 0.3) is 5.91 Å². The van der Waals surface area contributed by atoms with Crippen LogP contribution >= 0.6 is 0 Å². The van der Waals surface area contributed by atoms with Gasteiger partial charge < -0.3 is 10.5 Å². The predicted octanol–water partition coefficient (Wildman–Crippen LogP) is 1.97. The van der Waals surface area contributed by atoms with Crippen LogP contribution in [-0.4, -0.2) is 22.1 Å². The van der Waals surface area contributed by atoms with Crippen molar-refractivity contribution < 1.29 is 14.7 Å². The quantitative estimate of drug-likeness (QED) is 0.828. The number of rotatable bonds is 2. The fourth-order valence-electron chi connectivity index (χ4n) is 3.27. The first-order valence-electron chi connectivity index (χ1n) is 7.69. The highest BCUT2D eigenvalue weighted by Gasteiger charge is 2.31. The van der Waals surface area contributed by atoms with Crippen LogP contribution in [0.3, 0.4) is 0 Å². The normalized spacial score (nSPS) is 19.5. The lowest BCUT2D eigenvalue weighted by molar-refractivity contribution is -0.125. The molecule has 1 atom stereocenters. The molecule has 0 fully saturated rings. The molecule has 118 valence electrons. The number of hydrogen-bond acceptors (Lipinski definition) is 5. The van der Waals surface area contributed by atoms with Gasteiger partial charge in [0.15, 0.2) is 5.82 Å². The molecule has 0 unspecified atom stereocenters. The minimum Gasteiger partial charge on any atom is -0.455 e. The van der Waals surface area contributed by atoms with E-state index < -0.39 is 11.9 Å². The van der Waals surface area contributed by atoms with Crippen LogP contribution in [0.5, 0.6) is 11.5 Å². The number of fused-ring (bicyclic) bond motifs is 2. The highest BCUT2D eigenvalue weighted by atomic mass is 16.5. The second-order valence-electron chi connectivity index (χ2n) is 5.96. The highest BCUT2D eigenvalue weighted by molar-refractivity contribution is 5.97. The number of carbonyl (C=O) groups is 1. The average molecular weight is 311 g/mol. The zero-order valence-corrected chi connectivity index (χ0v) is 12.5. The molecule has 0 saturated carbocycles. The van der Waals surface area contributed by atoms with E-state index in [0.29, 0.717) is 22.8 Å². The number of benzene rings is 1. The van der Waals surface area contributed by atoms with Gasteiger partial charge in [0.05, 0.1) is 12.2 Å². The third-order valence-corrected chi connectivity index (χ3v) is 4.41. The molecule has 23 heavy (non-hydrogen) atoms. The maximum Gasteiger partial charge on any atom is 0.269 e. The van der Waals surface area contributed by atoms with Crippen LogP contribution in [-0.2, 0) is 24.1 Å². The van der Waals surface area contributed by atoms with Crippen molar-refractivity contribution in [3.8, 4) is 11.5 Å². The molecule has 0 radical (unpaired) electrons. The zero-order valence-electron chi connectivity index (χ0n) is 12.5. The monoisotopic (exact) mass is 311 g/mol. The number of amides is 1. The molecular weight excluding hydrogens is 294 g/mol. The molecule has 0 bridgehead atoms. The van der Waals surface area contributed by atoms with Crippen LogP contribution < -0.4 is 15.5 Å². The van der Waals surface area contributed by atoms with Gasteiger partial charge in [0.1, 0.15) is 11.5 Å². The van der Waals surface area contributed by atoms with E-state index in [2.05, 4.69) is 11.1 Å². The molecule has 0 saturated heterocycles. The molecule has 6 nitrogen and oxygen atoms in total. The highest BCUT2D eigenvalue weighted by Crippen LogP contribution is 2.35. The Kier molecular flexibility index (Phi) is 3.28. The Balaban J connectivity index is 1.66. The van der Waals surface area contributed by atoms with Crippen molar-refractivity contribution in [2.24, 2.45) is 5.73 Å². The van der Waals surface area contributed by atoms with E-state index in [9.17, 15) is 10.0 Å². The van der Waals surface area contributed by atoms with Crippen LogP contribution in [0.25, 0.3) is 0 Å². The lowest BCUT2D eigenvalue weighted by atomic mass is 10.0. The fourth-order valence-corrected chi connectivity index (χ4v) is 3.27. The number of nitrogens with zero attached hydrogens (tertiary/aromatic N) is 2. The van der Waals surface area contributed by atoms with E-state index in [0.717, 1.165) is 25.0 Å². The molecular formula is C17H17N3O3. The smallest absolute Gasteiger partial charge is 0.269 e. The van der Waals surface area contributed by atoms with Crippen LogP contribution in [0, 0.1) is 0 Å². The van der Waals surface area contributed by atoms with Gasteiger partial charge in [-0.05, 0) is 42.5 Å². The molecule has 3 N–H and O–H groups in total. The van der Waals surface area contributed by atoms with Crippen LogP contribution in [0.15, 0.2) is 30.5 Å². The zero-order chi connectivity index (χ0) is 16.0. The van der Waals surface area contributed by atoms with Crippen LogP contribution in [0.2, 0.25) is 0 Å². The maximum atomic E-state index is 11.7. The third-order valence-electron chi connectivity index (χ3n) is 4.41. The summed E-state index contributed by atoms with van der Waals surface area (Å²) < 4.78 is 6.00. The number of nitrogens with two attached hydrogens (primary N) is 1. The van der Waals surface area contributed by atoms with Crippen molar-refractivity contribution >= 4 is 11.7 Å². The minimum atomic E-state index is -0.759. The third kappa shape index (κ3) is 2.36. The number of aromatic nitrogens is 1. The fraction of sp³-hybridized carbons (Fsp3) is 0.294. The summed E-state index contributed by atoms with van der Waals surface area (Å²) in [6, 6.07) is 7.11. The molecule has 0 spiro atoms. The van der Waals surface area contributed by atoms with E-state index in [1.807, 2.05) is 12.1 Å². The summed E-state index contributed by atoms with van der Waals surface area (Å²) in [7, 11) is 0. The van der Waals surface area contributed by atoms with E-state index in [4.69, 9.17) is 10.5 Å². The van der Waals surface area contributed by atoms with Gasteiger partial charge in [-0.1, -0.05) is 12.1 Å². The summed E-state index contributed by atoms with van der Waals surface area (Å²) in [5, 5.41) is 10.3. The van der Waals surface area contributed by atoms with Crippen LogP contribution in [0.4, 0.5) is 5.82 Å². The number of aryl methyl sites for hydroxylation is 1. The Morgan fingerprint density at radius 3 is 3.04 bits per heavy atom. The molecule has 1 aliphatic heterocycles. The van der Waals surface area contributed by atoms with E-state index in [1.165, 1.54) is 17.3 Å². The second-order valence-corrected chi connectivity index (χ2v) is 5.96. The first-order valence-corrected chi connectivity index (χ1v) is 7.69. The largest absolute Gasteiger partial charge is 0.455 e. The molecule has 2 heterocycles. The number of anilines is 1. The van der Waals surface area contributed by atoms with Gasteiger partial charge in [0.2, 0.25) is 0 Å². The molecule has 2 aromatic rings. The average Bonchev–Trinajstić information content (AvgIpc) is 3.02. The van der Waals surface area contributed by atoms with Crippen molar-refractivity contribution in [1.29, 1.82) is 0 Å². The molecule has 1 amide bonds. The van der Waals surface area contributed by atoms with Crippen molar-refractivity contribution in [1.82, 2.24) is 4.98 Å². The van der Waals surface area contributed by atoms with Gasteiger partial charge in [-0.15, -0.1) is 0 Å². The van der Waals surface area contributed by atoms with E-state index in [-0.39, 0.29) is 5.82 Å². The molecule has 1 aromatic carbocycles.